The van der Waals surface area contributed by atoms with Gasteiger partial charge in [-0.25, -0.2) is 4.68 Å². The van der Waals surface area contributed by atoms with Crippen molar-refractivity contribution in [3.05, 3.63) is 51.8 Å². The third-order valence-electron chi connectivity index (χ3n) is 14.1. The van der Waals surface area contributed by atoms with Gasteiger partial charge in [-0.1, -0.05) is 50.2 Å². The monoisotopic (exact) mass is 932 g/mol. The second-order valence-corrected chi connectivity index (χ2v) is 19.1. The molecule has 0 bridgehead atoms. The predicted octanol–water partition coefficient (Wildman–Crippen LogP) is 2.78. The molecular formula is C46H73N7O13. The number of aliphatic hydroxyl groups excluding tert-OH is 3. The van der Waals surface area contributed by atoms with E-state index in [1.165, 1.54) is 33.1 Å². The van der Waals surface area contributed by atoms with E-state index in [0.29, 0.717) is 43.8 Å². The summed E-state index contributed by atoms with van der Waals surface area (Å²) in [5.41, 5.74) is -1.36. The summed E-state index contributed by atoms with van der Waals surface area (Å²) in [6, 6.07) is 5.24. The number of hydrogen-bond donors (Lipinski definition) is 5. The van der Waals surface area contributed by atoms with Crippen LogP contribution in [0.3, 0.4) is 0 Å². The number of nitro groups is 1. The summed E-state index contributed by atoms with van der Waals surface area (Å²) < 4.78 is 26.8. The number of cyclic esters (lactones) is 1. The van der Waals surface area contributed by atoms with Gasteiger partial charge < -0.3 is 54.4 Å². The Bertz CT molecular complexity index is 1940. The molecule has 0 saturated carbocycles. The Kier molecular flexibility index (Phi) is 18.4. The fourth-order valence-electron chi connectivity index (χ4n) is 9.72. The van der Waals surface area contributed by atoms with E-state index >= 15 is 0 Å². The van der Waals surface area contributed by atoms with E-state index in [-0.39, 0.29) is 37.3 Å². The molecule has 0 radical (unpaired) electrons. The zero-order valence-corrected chi connectivity index (χ0v) is 40.1. The summed E-state index contributed by atoms with van der Waals surface area (Å²) in [7, 11) is 3.38. The van der Waals surface area contributed by atoms with E-state index in [9.17, 15) is 40.1 Å². The lowest BCUT2D eigenvalue weighted by Gasteiger charge is -2.47. The highest BCUT2D eigenvalue weighted by Crippen LogP contribution is 2.39. The lowest BCUT2D eigenvalue weighted by Crippen LogP contribution is -2.60. The maximum absolute atomic E-state index is 14.4. The third kappa shape index (κ3) is 12.4. The van der Waals surface area contributed by atoms with Crippen LogP contribution in [0.5, 0.6) is 0 Å². The number of likely N-dealkylation sites (N-methyl/N-ethyl adjacent to an activating group) is 1. The maximum atomic E-state index is 14.4. The first-order chi connectivity index (χ1) is 31.1. The lowest BCUT2D eigenvalue weighted by atomic mass is 9.74. The van der Waals surface area contributed by atoms with Gasteiger partial charge in [0.05, 0.1) is 52.9 Å². The van der Waals surface area contributed by atoms with Crippen molar-refractivity contribution >= 4 is 23.2 Å². The minimum atomic E-state index is -1.93. The number of nitrogens with zero attached hydrogens (tertiary/aromatic N) is 6. The number of ether oxygens (including phenoxy) is 4. The third-order valence-corrected chi connectivity index (χ3v) is 14.1. The summed E-state index contributed by atoms with van der Waals surface area (Å²) in [5, 5.41) is 73.5. The van der Waals surface area contributed by atoms with Gasteiger partial charge in [0, 0.05) is 75.2 Å². The minimum absolute atomic E-state index is 0.0200. The van der Waals surface area contributed by atoms with Gasteiger partial charge in [-0.05, 0) is 72.5 Å². The summed E-state index contributed by atoms with van der Waals surface area (Å²) in [4.78, 5) is 46.8. The number of ketones is 1. The highest BCUT2D eigenvalue weighted by Gasteiger charge is 2.52. The van der Waals surface area contributed by atoms with Crippen LogP contribution in [0.15, 0.2) is 35.6 Å². The first-order valence-corrected chi connectivity index (χ1v) is 23.2. The van der Waals surface area contributed by atoms with Gasteiger partial charge in [-0.3, -0.25) is 19.7 Å². The normalized spacial score (nSPS) is 36.3. The maximum Gasteiger partial charge on any atom is 0.316 e. The molecule has 0 aliphatic carbocycles. The van der Waals surface area contributed by atoms with Crippen molar-refractivity contribution in [1.82, 2.24) is 25.2 Å². The zero-order valence-electron chi connectivity index (χ0n) is 40.1. The molecule has 66 heavy (non-hydrogen) atoms. The number of nitro benzene ring substituents is 1. The number of aromatic nitrogens is 3. The molecule has 370 valence electrons. The van der Waals surface area contributed by atoms with Crippen LogP contribution in [0.25, 0.3) is 0 Å². The molecule has 0 amide bonds. The molecule has 3 aliphatic rings. The van der Waals surface area contributed by atoms with Gasteiger partial charge in [-0.15, -0.1) is 5.10 Å². The molecule has 1 unspecified atom stereocenters. The first kappa shape index (κ1) is 53.0. The predicted molar refractivity (Wildman–Crippen MR) is 241 cm³/mol. The van der Waals surface area contributed by atoms with Crippen LogP contribution in [0.4, 0.5) is 5.69 Å². The average Bonchev–Trinajstić information content (AvgIpc) is 4.01. The molecule has 3 fully saturated rings. The van der Waals surface area contributed by atoms with Gasteiger partial charge in [0.15, 0.2) is 12.1 Å². The van der Waals surface area contributed by atoms with E-state index in [1.54, 1.807) is 50.7 Å². The molecule has 20 heteroatoms. The van der Waals surface area contributed by atoms with E-state index < -0.39 is 94.3 Å². The number of methoxy groups -OCH3 is 1. The number of rotatable bonds is 15. The number of Topliss-reactive ketones (excluding diaryl/α,β-unsaturated/α-hetero) is 1. The number of esters is 1. The Morgan fingerprint density at radius 2 is 1.82 bits per heavy atom. The quantitative estimate of drug-likeness (QED) is 0.0744. The molecule has 3 aliphatic heterocycles. The average molecular weight is 932 g/mol. The molecule has 3 saturated heterocycles. The van der Waals surface area contributed by atoms with Crippen molar-refractivity contribution in [1.29, 1.82) is 0 Å². The first-order valence-electron chi connectivity index (χ1n) is 23.2. The number of nitrogens with one attached hydrogen (secondary N) is 1. The highest BCUT2D eigenvalue weighted by molar-refractivity contribution is 6.00. The topological polar surface area (TPSA) is 263 Å². The number of non-ortho nitro benzene ring substituents is 1. The van der Waals surface area contributed by atoms with Crippen molar-refractivity contribution in [3.8, 4) is 0 Å². The second-order valence-electron chi connectivity index (χ2n) is 19.1. The van der Waals surface area contributed by atoms with Crippen molar-refractivity contribution < 1.29 is 58.7 Å². The van der Waals surface area contributed by atoms with Crippen LogP contribution in [0, 0.1) is 33.8 Å². The Morgan fingerprint density at radius 1 is 1.12 bits per heavy atom. The van der Waals surface area contributed by atoms with Crippen molar-refractivity contribution in [2.45, 2.75) is 160 Å². The van der Waals surface area contributed by atoms with Crippen LogP contribution in [0.1, 0.15) is 98.4 Å². The smallest absolute Gasteiger partial charge is 0.316 e. The molecule has 2 aromatic rings. The van der Waals surface area contributed by atoms with Crippen LogP contribution >= 0.6 is 0 Å². The van der Waals surface area contributed by atoms with Gasteiger partial charge in [0.25, 0.3) is 5.69 Å². The molecule has 1 aromatic carbocycles. The fraction of sp³-hybridized carbons (Fsp3) is 0.761. The second kappa shape index (κ2) is 22.9. The van der Waals surface area contributed by atoms with Gasteiger partial charge in [-0.2, -0.15) is 0 Å². The minimum Gasteiger partial charge on any atom is -0.459 e. The van der Waals surface area contributed by atoms with E-state index in [0.717, 1.165) is 18.5 Å². The lowest BCUT2D eigenvalue weighted by molar-refractivity contribution is -0.384. The molecular weight excluding hydrogens is 859 g/mol. The molecule has 4 heterocycles. The van der Waals surface area contributed by atoms with E-state index in [2.05, 4.69) is 20.8 Å². The van der Waals surface area contributed by atoms with E-state index in [1.807, 2.05) is 25.8 Å². The Balaban J connectivity index is 1.38. The van der Waals surface area contributed by atoms with Crippen molar-refractivity contribution in [3.63, 3.8) is 0 Å². The molecule has 20 nitrogen and oxygen atoms in total. The zero-order chi connectivity index (χ0) is 48.7. The van der Waals surface area contributed by atoms with Gasteiger partial charge >= 0.3 is 5.97 Å². The fourth-order valence-corrected chi connectivity index (χ4v) is 9.72. The van der Waals surface area contributed by atoms with Crippen LogP contribution in [0.2, 0.25) is 0 Å². The Hall–Kier alpha value is -3.99. The number of carbonyl (C=O) groups excluding carboxylic acids is 2. The molecule has 1 aromatic heterocycles. The van der Waals surface area contributed by atoms with Crippen LogP contribution in [-0.4, -0.2) is 163 Å². The number of oxime groups is 1. The largest absolute Gasteiger partial charge is 0.459 e. The summed E-state index contributed by atoms with van der Waals surface area (Å²) in [6.07, 6.45) is -2.65. The number of hydrogen-bond acceptors (Lipinski definition) is 18. The summed E-state index contributed by atoms with van der Waals surface area (Å²) in [5.74, 6) is -4.95. The highest BCUT2D eigenvalue weighted by atomic mass is 16.7. The SMILES string of the molecule is CC[C@H]1OC(=O)[C@H](C)C(=O)[C@H](C)[C@@H](O[C@@H]2O[C@H](C)C[C@H](N(C)CCc3cn(C(CO)Cc4ccc([N+](=O)[O-])cc4)nn3)[C@H]2O)[C@](C)(OC)C[C@@H](C)/C(=N\O[C@@H]2CCNC2)[C@H](C)[C@@H](O)[C@]1(C)O. The van der Waals surface area contributed by atoms with Crippen LogP contribution < -0.4 is 5.32 Å². The Morgan fingerprint density at radius 3 is 2.42 bits per heavy atom. The molecule has 5 N–H and O–H groups in total. The van der Waals surface area contributed by atoms with Gasteiger partial charge in [0.1, 0.15) is 29.8 Å². The molecule has 15 atom stereocenters. The number of carbonyl (C=O) groups is 2. The number of aliphatic hydroxyl groups is 4. The van der Waals surface area contributed by atoms with E-state index in [4.69, 9.17) is 23.8 Å². The summed E-state index contributed by atoms with van der Waals surface area (Å²) in [6.45, 7) is 15.1. The molecule has 0 spiro atoms. The Labute approximate surface area is 387 Å². The number of benzene rings is 1. The standard InChI is InChI=1S/C46H73N7O13/c1-11-37-46(8,59)41(57)28(4)38(49-66-35-16-18-47-23-35)26(2)22-45(7,62-10)42(29(5)39(55)30(6)43(58)64-37)65-44-40(56)36(20-27(3)63-44)51(9)19-17-32-24-52(50-48-32)34(25-54)21-31-12-14-33(15-13-31)53(60)61/h12-15,24,26-30,34-37,40-42,44,47,54,56-57,59H,11,16-23,25H2,1-10H3/b49-38+/t26-,27-,28+,29+,30-,34?,35-,36+,37-,40-,41-,42-,44+,45-,46-/m1/s1. The van der Waals surface area contributed by atoms with Crippen LogP contribution in [-0.2, 0) is 46.2 Å². The summed E-state index contributed by atoms with van der Waals surface area (Å²) >= 11 is 0. The van der Waals surface area contributed by atoms with Crippen molar-refractivity contribution in [2.75, 3.05) is 40.4 Å². The van der Waals surface area contributed by atoms with Crippen molar-refractivity contribution in [2.24, 2.45) is 28.8 Å². The van der Waals surface area contributed by atoms with Gasteiger partial charge in [0.2, 0.25) is 0 Å². The molecule has 5 rings (SSSR count).